The number of nitrogens with one attached hydrogen (secondary N) is 1. The van der Waals surface area contributed by atoms with Gasteiger partial charge in [0.25, 0.3) is 0 Å². The minimum Gasteiger partial charge on any atom is -0.302 e. The molecular weight excluding hydrogens is 370 g/mol. The Balaban J connectivity index is 1.39. The molecular formula is C18H21N3O3S2. The zero-order chi connectivity index (χ0) is 18.1. The Hall–Kier alpha value is -1.77. The molecule has 1 aromatic carbocycles. The largest absolute Gasteiger partial charge is 0.302 e. The van der Waals surface area contributed by atoms with E-state index in [-0.39, 0.29) is 17.4 Å². The maximum atomic E-state index is 12.3. The van der Waals surface area contributed by atoms with Crippen LogP contribution in [-0.2, 0) is 34.1 Å². The average Bonchev–Trinajstić information content (AvgIpc) is 3.17. The maximum absolute atomic E-state index is 12.3. The molecule has 2 aliphatic heterocycles. The van der Waals surface area contributed by atoms with Crippen molar-refractivity contribution < 1.29 is 13.2 Å². The number of aromatic nitrogens is 1. The topological polar surface area (TPSA) is 79.4 Å². The molecule has 1 N–H and O–H groups in total. The zero-order valence-corrected chi connectivity index (χ0v) is 16.0. The summed E-state index contributed by atoms with van der Waals surface area (Å²) < 4.78 is 23.1. The molecule has 1 fully saturated rings. The number of hydrogen-bond donors (Lipinski definition) is 1. The van der Waals surface area contributed by atoms with Crippen molar-refractivity contribution >= 4 is 32.2 Å². The highest BCUT2D eigenvalue weighted by Gasteiger charge is 2.33. The van der Waals surface area contributed by atoms with Gasteiger partial charge in [-0.05, 0) is 12.0 Å². The van der Waals surface area contributed by atoms with Crippen molar-refractivity contribution in [3.8, 4) is 0 Å². The van der Waals surface area contributed by atoms with Crippen LogP contribution in [-0.4, -0.2) is 42.3 Å². The van der Waals surface area contributed by atoms with Crippen molar-refractivity contribution in [1.82, 2.24) is 9.88 Å². The normalized spacial score (nSPS) is 22.1. The molecule has 1 saturated heterocycles. The molecule has 1 atom stereocenters. The van der Waals surface area contributed by atoms with Crippen molar-refractivity contribution in [2.24, 2.45) is 5.92 Å². The molecule has 4 rings (SSSR count). The third kappa shape index (κ3) is 3.97. The van der Waals surface area contributed by atoms with E-state index in [9.17, 15) is 13.2 Å². The van der Waals surface area contributed by atoms with E-state index in [2.05, 4.69) is 27.3 Å². The highest BCUT2D eigenvalue weighted by Crippen LogP contribution is 2.30. The van der Waals surface area contributed by atoms with Crippen LogP contribution in [0, 0.1) is 5.92 Å². The van der Waals surface area contributed by atoms with E-state index in [1.165, 1.54) is 21.8 Å². The number of carbonyl (C=O) groups is 1. The molecule has 26 heavy (non-hydrogen) atoms. The standard InChI is InChI=1S/C18H21N3O3S2/c22-17(14-7-9-26(23,24)12-14)20-18-19-15-6-8-21(11-16(15)25-18)10-13-4-2-1-3-5-13/h1-5,14H,6-12H2,(H,19,20,22). The fourth-order valence-corrected chi connectivity index (χ4v) is 6.28. The van der Waals surface area contributed by atoms with Crippen molar-refractivity contribution in [3.05, 3.63) is 46.5 Å². The van der Waals surface area contributed by atoms with Crippen molar-refractivity contribution in [1.29, 1.82) is 0 Å². The van der Waals surface area contributed by atoms with Gasteiger partial charge in [-0.15, -0.1) is 11.3 Å². The minimum atomic E-state index is -3.06. The molecule has 8 heteroatoms. The van der Waals surface area contributed by atoms with Crippen LogP contribution >= 0.6 is 11.3 Å². The molecule has 138 valence electrons. The summed E-state index contributed by atoms with van der Waals surface area (Å²) in [4.78, 5) is 20.4. The SMILES string of the molecule is O=C(Nc1nc2c(s1)CN(Cc1ccccc1)CC2)C1CCS(=O)(=O)C1. The van der Waals surface area contributed by atoms with Gasteiger partial charge in [0.15, 0.2) is 15.0 Å². The van der Waals surface area contributed by atoms with Gasteiger partial charge in [0.05, 0.1) is 23.1 Å². The first kappa shape index (κ1) is 17.6. The summed E-state index contributed by atoms with van der Waals surface area (Å²) in [5, 5.41) is 3.42. The highest BCUT2D eigenvalue weighted by molar-refractivity contribution is 7.91. The van der Waals surface area contributed by atoms with Gasteiger partial charge in [-0.2, -0.15) is 0 Å². The molecule has 0 bridgehead atoms. The summed E-state index contributed by atoms with van der Waals surface area (Å²) in [7, 11) is -3.06. The van der Waals surface area contributed by atoms with E-state index < -0.39 is 15.8 Å². The van der Waals surface area contributed by atoms with E-state index >= 15 is 0 Å². The van der Waals surface area contributed by atoms with E-state index in [4.69, 9.17) is 0 Å². The lowest BCUT2D eigenvalue weighted by atomic mass is 10.1. The van der Waals surface area contributed by atoms with Crippen LogP contribution in [0.4, 0.5) is 5.13 Å². The number of fused-ring (bicyclic) bond motifs is 1. The van der Waals surface area contributed by atoms with E-state index in [1.54, 1.807) is 0 Å². The molecule has 0 radical (unpaired) electrons. The van der Waals surface area contributed by atoms with Gasteiger partial charge in [0, 0.05) is 30.9 Å². The Bertz CT molecular complexity index is 909. The highest BCUT2D eigenvalue weighted by atomic mass is 32.2. The van der Waals surface area contributed by atoms with Gasteiger partial charge in [-0.1, -0.05) is 30.3 Å². The summed E-state index contributed by atoms with van der Waals surface area (Å²) in [6.45, 7) is 2.68. The van der Waals surface area contributed by atoms with Crippen LogP contribution in [0.15, 0.2) is 30.3 Å². The predicted octanol–water partition coefficient (Wildman–Crippen LogP) is 2.07. The second-order valence-electron chi connectivity index (χ2n) is 6.92. The predicted molar refractivity (Wildman–Crippen MR) is 102 cm³/mol. The first-order valence-electron chi connectivity index (χ1n) is 8.75. The minimum absolute atomic E-state index is 0.0468. The number of nitrogens with zero attached hydrogens (tertiary/aromatic N) is 2. The summed E-state index contributed by atoms with van der Waals surface area (Å²) >= 11 is 1.50. The van der Waals surface area contributed by atoms with Gasteiger partial charge >= 0.3 is 0 Å². The molecule has 3 heterocycles. The third-order valence-corrected chi connectivity index (χ3v) is 7.66. The average molecular weight is 392 g/mol. The van der Waals surface area contributed by atoms with Gasteiger partial charge in [0.2, 0.25) is 5.91 Å². The molecule has 1 amide bonds. The molecule has 2 aliphatic rings. The second-order valence-corrected chi connectivity index (χ2v) is 10.2. The Morgan fingerprint density at radius 3 is 2.85 bits per heavy atom. The maximum Gasteiger partial charge on any atom is 0.230 e. The molecule has 1 unspecified atom stereocenters. The molecule has 1 aromatic heterocycles. The number of amides is 1. The number of thiazole rings is 1. The zero-order valence-electron chi connectivity index (χ0n) is 14.3. The number of rotatable bonds is 4. The summed E-state index contributed by atoms with van der Waals surface area (Å²) in [6, 6.07) is 10.4. The molecule has 0 saturated carbocycles. The summed E-state index contributed by atoms with van der Waals surface area (Å²) in [6.07, 6.45) is 1.27. The van der Waals surface area contributed by atoms with Crippen molar-refractivity contribution in [3.63, 3.8) is 0 Å². The number of sulfone groups is 1. The van der Waals surface area contributed by atoms with E-state index in [0.29, 0.717) is 11.6 Å². The van der Waals surface area contributed by atoms with Crippen molar-refractivity contribution in [2.75, 3.05) is 23.4 Å². The Labute approximate surface area is 157 Å². The Kier molecular flexibility index (Phi) is 4.81. The quantitative estimate of drug-likeness (QED) is 0.863. The smallest absolute Gasteiger partial charge is 0.230 e. The number of benzene rings is 1. The van der Waals surface area contributed by atoms with Crippen LogP contribution in [0.1, 0.15) is 22.6 Å². The van der Waals surface area contributed by atoms with Crippen LogP contribution in [0.25, 0.3) is 0 Å². The van der Waals surface area contributed by atoms with Crippen LogP contribution in [0.3, 0.4) is 0 Å². The molecule has 2 aromatic rings. The van der Waals surface area contributed by atoms with Crippen LogP contribution in [0.5, 0.6) is 0 Å². The van der Waals surface area contributed by atoms with Crippen molar-refractivity contribution in [2.45, 2.75) is 25.9 Å². The van der Waals surface area contributed by atoms with Gasteiger partial charge in [-0.25, -0.2) is 13.4 Å². The number of hydrogen-bond acceptors (Lipinski definition) is 6. The summed E-state index contributed by atoms with van der Waals surface area (Å²) in [5.74, 6) is -0.614. The van der Waals surface area contributed by atoms with E-state index in [0.717, 1.165) is 31.7 Å². The fraction of sp³-hybridized carbons (Fsp3) is 0.444. The third-order valence-electron chi connectivity index (χ3n) is 4.89. The van der Waals surface area contributed by atoms with Crippen LogP contribution < -0.4 is 5.32 Å². The first-order chi connectivity index (χ1) is 12.5. The lowest BCUT2D eigenvalue weighted by Gasteiger charge is -2.25. The molecule has 0 spiro atoms. The second kappa shape index (κ2) is 7.09. The molecule has 6 nitrogen and oxygen atoms in total. The van der Waals surface area contributed by atoms with Gasteiger partial charge < -0.3 is 5.32 Å². The van der Waals surface area contributed by atoms with Crippen LogP contribution in [0.2, 0.25) is 0 Å². The lowest BCUT2D eigenvalue weighted by Crippen LogP contribution is -2.29. The van der Waals surface area contributed by atoms with E-state index in [1.807, 2.05) is 18.2 Å². The van der Waals surface area contributed by atoms with Gasteiger partial charge in [0.1, 0.15) is 0 Å². The monoisotopic (exact) mass is 391 g/mol. The fourth-order valence-electron chi connectivity index (χ4n) is 3.49. The first-order valence-corrected chi connectivity index (χ1v) is 11.4. The lowest BCUT2D eigenvalue weighted by molar-refractivity contribution is -0.119. The summed E-state index contributed by atoms with van der Waals surface area (Å²) in [5.41, 5.74) is 2.34. The number of anilines is 1. The Morgan fingerprint density at radius 2 is 2.12 bits per heavy atom. The Morgan fingerprint density at radius 1 is 1.31 bits per heavy atom. The van der Waals surface area contributed by atoms with Gasteiger partial charge in [-0.3, -0.25) is 9.69 Å². The molecule has 0 aliphatic carbocycles. The number of carbonyl (C=O) groups excluding carboxylic acids is 1.